The molecule has 1 atom stereocenters. The third-order valence-corrected chi connectivity index (χ3v) is 3.12. The van der Waals surface area contributed by atoms with E-state index < -0.39 is 0 Å². The van der Waals surface area contributed by atoms with Gasteiger partial charge in [-0.3, -0.25) is 4.79 Å². The van der Waals surface area contributed by atoms with Gasteiger partial charge < -0.3 is 15.4 Å². The summed E-state index contributed by atoms with van der Waals surface area (Å²) < 4.78 is 5.07. The molecule has 0 aromatic heterocycles. The van der Waals surface area contributed by atoms with E-state index in [-0.39, 0.29) is 5.91 Å². The molecule has 0 bridgehead atoms. The zero-order valence-electron chi connectivity index (χ0n) is 10.7. The van der Waals surface area contributed by atoms with Gasteiger partial charge in [-0.15, -0.1) is 0 Å². The summed E-state index contributed by atoms with van der Waals surface area (Å²) >= 11 is 0. The number of nitrogens with one attached hydrogen (secondary N) is 2. The van der Waals surface area contributed by atoms with Crippen LogP contribution < -0.4 is 10.6 Å². The Morgan fingerprint density at radius 1 is 1.56 bits per heavy atom. The molecule has 1 aliphatic heterocycles. The molecule has 2 rings (SSSR count). The summed E-state index contributed by atoms with van der Waals surface area (Å²) in [6, 6.07) is 8.10. The van der Waals surface area contributed by atoms with Crippen molar-refractivity contribution in [1.82, 2.24) is 5.32 Å². The number of ether oxygens (including phenoxy) is 1. The van der Waals surface area contributed by atoms with Gasteiger partial charge in [-0.05, 0) is 37.1 Å². The highest BCUT2D eigenvalue weighted by Gasteiger charge is 2.17. The predicted octanol–water partition coefficient (Wildman–Crippen LogP) is 1.91. The molecule has 4 heteroatoms. The van der Waals surface area contributed by atoms with Crippen LogP contribution in [0.4, 0.5) is 5.69 Å². The zero-order chi connectivity index (χ0) is 12.8. The van der Waals surface area contributed by atoms with Crippen molar-refractivity contribution in [3.05, 3.63) is 29.8 Å². The summed E-state index contributed by atoms with van der Waals surface area (Å²) in [6.45, 7) is 1.59. The third kappa shape index (κ3) is 3.82. The minimum absolute atomic E-state index is 0.0731. The fourth-order valence-electron chi connectivity index (χ4n) is 2.27. The summed E-state index contributed by atoms with van der Waals surface area (Å²) in [5.74, 6) is 0.0731. The van der Waals surface area contributed by atoms with Crippen molar-refractivity contribution in [1.29, 1.82) is 0 Å². The fraction of sp³-hybridized carbons (Fsp3) is 0.500. The molecule has 0 aliphatic carbocycles. The quantitative estimate of drug-likeness (QED) is 0.837. The molecule has 1 saturated heterocycles. The van der Waals surface area contributed by atoms with Gasteiger partial charge in [-0.1, -0.05) is 12.1 Å². The monoisotopic (exact) mass is 248 g/mol. The van der Waals surface area contributed by atoms with E-state index in [9.17, 15) is 4.79 Å². The molecule has 0 saturated carbocycles. The smallest absolute Gasteiger partial charge is 0.225 e. The summed E-state index contributed by atoms with van der Waals surface area (Å²) in [4.78, 5) is 11.9. The van der Waals surface area contributed by atoms with Gasteiger partial charge in [-0.2, -0.15) is 0 Å². The van der Waals surface area contributed by atoms with Crippen LogP contribution in [0, 0.1) is 0 Å². The summed E-state index contributed by atoms with van der Waals surface area (Å²) in [5.41, 5.74) is 1.90. The van der Waals surface area contributed by atoms with Crippen molar-refractivity contribution in [2.45, 2.75) is 31.9 Å². The molecule has 1 fully saturated rings. The average molecular weight is 248 g/mol. The van der Waals surface area contributed by atoms with E-state index in [2.05, 4.69) is 10.6 Å². The van der Waals surface area contributed by atoms with Crippen LogP contribution in [0.15, 0.2) is 24.3 Å². The SMILES string of the molecule is COCc1cccc(NC(=O)CC2CCCN2)c1. The highest BCUT2D eigenvalue weighted by atomic mass is 16.5. The maximum atomic E-state index is 11.9. The highest BCUT2D eigenvalue weighted by Crippen LogP contribution is 2.14. The van der Waals surface area contributed by atoms with Crippen molar-refractivity contribution < 1.29 is 9.53 Å². The molecule has 98 valence electrons. The van der Waals surface area contributed by atoms with Crippen molar-refractivity contribution in [3.63, 3.8) is 0 Å². The van der Waals surface area contributed by atoms with Crippen LogP contribution in [0.3, 0.4) is 0 Å². The van der Waals surface area contributed by atoms with Crippen molar-refractivity contribution in [3.8, 4) is 0 Å². The molecule has 18 heavy (non-hydrogen) atoms. The molecule has 0 radical (unpaired) electrons. The predicted molar refractivity (Wildman–Crippen MR) is 71.4 cm³/mol. The molecular formula is C14H20N2O2. The Morgan fingerprint density at radius 3 is 3.17 bits per heavy atom. The van der Waals surface area contributed by atoms with Gasteiger partial charge in [0.05, 0.1) is 6.61 Å². The van der Waals surface area contributed by atoms with E-state index >= 15 is 0 Å². The molecule has 1 aliphatic rings. The Hall–Kier alpha value is -1.39. The third-order valence-electron chi connectivity index (χ3n) is 3.12. The topological polar surface area (TPSA) is 50.4 Å². The number of methoxy groups -OCH3 is 1. The van der Waals surface area contributed by atoms with Crippen LogP contribution in [0.1, 0.15) is 24.8 Å². The molecule has 1 aromatic carbocycles. The van der Waals surface area contributed by atoms with Gasteiger partial charge in [0.15, 0.2) is 0 Å². The Labute approximate surface area is 108 Å². The van der Waals surface area contributed by atoms with Crippen LogP contribution in [0.5, 0.6) is 0 Å². The first-order chi connectivity index (χ1) is 8.78. The van der Waals surface area contributed by atoms with Gasteiger partial charge in [0.25, 0.3) is 0 Å². The number of benzene rings is 1. The van der Waals surface area contributed by atoms with Crippen LogP contribution in [-0.4, -0.2) is 25.6 Å². The molecule has 1 unspecified atom stereocenters. The molecule has 4 nitrogen and oxygen atoms in total. The lowest BCUT2D eigenvalue weighted by atomic mass is 10.1. The maximum Gasteiger partial charge on any atom is 0.225 e. The lowest BCUT2D eigenvalue weighted by Gasteiger charge is -2.11. The molecule has 1 amide bonds. The van der Waals surface area contributed by atoms with Gasteiger partial charge in [0, 0.05) is 25.3 Å². The Bertz CT molecular complexity index is 401. The minimum Gasteiger partial charge on any atom is -0.380 e. The second kappa shape index (κ2) is 6.52. The number of anilines is 1. The van der Waals surface area contributed by atoms with Gasteiger partial charge in [-0.25, -0.2) is 0 Å². The summed E-state index contributed by atoms with van der Waals surface area (Å²) in [5, 5.41) is 6.26. The van der Waals surface area contributed by atoms with Gasteiger partial charge >= 0.3 is 0 Å². The number of hydrogen-bond donors (Lipinski definition) is 2. The van der Waals surface area contributed by atoms with E-state index in [0.717, 1.165) is 24.2 Å². The molecule has 1 aromatic rings. The minimum atomic E-state index is 0.0731. The lowest BCUT2D eigenvalue weighted by molar-refractivity contribution is -0.116. The normalized spacial score (nSPS) is 18.8. The number of carbonyl (C=O) groups excluding carboxylic acids is 1. The van der Waals surface area contributed by atoms with E-state index in [1.165, 1.54) is 6.42 Å². The Balaban J connectivity index is 1.87. The summed E-state index contributed by atoms with van der Waals surface area (Å²) in [7, 11) is 1.66. The average Bonchev–Trinajstić information content (AvgIpc) is 2.82. The first-order valence-corrected chi connectivity index (χ1v) is 6.39. The Morgan fingerprint density at radius 2 is 2.44 bits per heavy atom. The second-order valence-electron chi connectivity index (χ2n) is 4.68. The molecule has 2 N–H and O–H groups in total. The molecular weight excluding hydrogens is 228 g/mol. The van der Waals surface area contributed by atoms with E-state index in [1.54, 1.807) is 7.11 Å². The maximum absolute atomic E-state index is 11.9. The first-order valence-electron chi connectivity index (χ1n) is 6.39. The number of rotatable bonds is 5. The standard InChI is InChI=1S/C14H20N2O2/c1-18-10-11-4-2-5-13(8-11)16-14(17)9-12-6-3-7-15-12/h2,4-5,8,12,15H,3,6-7,9-10H2,1H3,(H,16,17). The summed E-state index contributed by atoms with van der Waals surface area (Å²) in [6.07, 6.45) is 2.81. The van der Waals surface area contributed by atoms with Crippen molar-refractivity contribution in [2.24, 2.45) is 0 Å². The zero-order valence-corrected chi connectivity index (χ0v) is 10.7. The molecule has 1 heterocycles. The van der Waals surface area contributed by atoms with Gasteiger partial charge in [0.1, 0.15) is 0 Å². The van der Waals surface area contributed by atoms with Crippen LogP contribution in [-0.2, 0) is 16.1 Å². The number of carbonyl (C=O) groups is 1. The van der Waals surface area contributed by atoms with Crippen molar-refractivity contribution in [2.75, 3.05) is 19.0 Å². The highest BCUT2D eigenvalue weighted by molar-refractivity contribution is 5.91. The lowest BCUT2D eigenvalue weighted by Crippen LogP contribution is -2.27. The Kier molecular flexibility index (Phi) is 4.73. The fourth-order valence-corrected chi connectivity index (χ4v) is 2.27. The first kappa shape index (κ1) is 13.1. The number of amides is 1. The van der Waals surface area contributed by atoms with Crippen LogP contribution in [0.25, 0.3) is 0 Å². The van der Waals surface area contributed by atoms with Crippen molar-refractivity contribution >= 4 is 11.6 Å². The largest absolute Gasteiger partial charge is 0.380 e. The van der Waals surface area contributed by atoms with E-state index in [1.807, 2.05) is 24.3 Å². The van der Waals surface area contributed by atoms with E-state index in [0.29, 0.717) is 19.1 Å². The van der Waals surface area contributed by atoms with Crippen LogP contribution in [0.2, 0.25) is 0 Å². The molecule has 0 spiro atoms. The second-order valence-corrected chi connectivity index (χ2v) is 4.68. The number of hydrogen-bond acceptors (Lipinski definition) is 3. The van der Waals surface area contributed by atoms with Gasteiger partial charge in [0.2, 0.25) is 5.91 Å². The van der Waals surface area contributed by atoms with E-state index in [4.69, 9.17) is 4.74 Å². The van der Waals surface area contributed by atoms with Crippen LogP contribution >= 0.6 is 0 Å².